The van der Waals surface area contributed by atoms with E-state index < -0.39 is 0 Å². The average molecular weight is 306 g/mol. The monoisotopic (exact) mass is 306 g/mol. The lowest BCUT2D eigenvalue weighted by Gasteiger charge is -2.18. The van der Waals surface area contributed by atoms with Gasteiger partial charge < -0.3 is 11.1 Å². The van der Waals surface area contributed by atoms with Crippen molar-refractivity contribution in [3.8, 4) is 0 Å². The Morgan fingerprint density at radius 2 is 1.73 bits per heavy atom. The topological polar surface area (TPSA) is 75.7 Å². The van der Waals surface area contributed by atoms with Crippen LogP contribution < -0.4 is 5.73 Å². The number of nitrogen functional groups attached to an aromatic ring is 1. The van der Waals surface area contributed by atoms with Crippen LogP contribution in [-0.2, 0) is 0 Å². The Balaban J connectivity index is 0.000000400. The van der Waals surface area contributed by atoms with Gasteiger partial charge in [0.2, 0.25) is 0 Å². The summed E-state index contributed by atoms with van der Waals surface area (Å²) in [5.41, 5.74) is 7.67. The minimum absolute atomic E-state index is 0.408. The molecule has 126 valence electrons. The van der Waals surface area contributed by atoms with Gasteiger partial charge >= 0.3 is 0 Å². The van der Waals surface area contributed by atoms with Crippen molar-refractivity contribution in [2.24, 2.45) is 5.92 Å². The Morgan fingerprint density at radius 3 is 2.05 bits per heavy atom. The van der Waals surface area contributed by atoms with Gasteiger partial charge in [-0.25, -0.2) is 9.97 Å². The Morgan fingerprint density at radius 1 is 1.18 bits per heavy atom. The van der Waals surface area contributed by atoms with E-state index in [-0.39, 0.29) is 0 Å². The second-order valence-electron chi connectivity index (χ2n) is 5.98. The van der Waals surface area contributed by atoms with Crippen LogP contribution in [0.15, 0.2) is 6.33 Å². The highest BCUT2D eigenvalue weighted by molar-refractivity contribution is 6.02. The summed E-state index contributed by atoms with van der Waals surface area (Å²) in [6, 6.07) is 0. The van der Waals surface area contributed by atoms with Crippen LogP contribution in [-0.4, -0.2) is 15.7 Å². The molecule has 1 aliphatic rings. The molecule has 4 heteroatoms. The predicted octanol–water partition coefficient (Wildman–Crippen LogP) is 5.15. The molecule has 4 nitrogen and oxygen atoms in total. The van der Waals surface area contributed by atoms with E-state index >= 15 is 0 Å². The maximum atomic E-state index is 7.75. The zero-order chi connectivity index (χ0) is 17.0. The zero-order valence-corrected chi connectivity index (χ0v) is 15.1. The average Bonchev–Trinajstić information content (AvgIpc) is 2.46. The van der Waals surface area contributed by atoms with Gasteiger partial charge in [-0.15, -0.1) is 0 Å². The normalized spacial score (nSPS) is 13.1. The molecule has 1 aromatic rings. The maximum absolute atomic E-state index is 7.75. The van der Waals surface area contributed by atoms with Gasteiger partial charge in [0.05, 0.1) is 11.3 Å². The molecule has 22 heavy (non-hydrogen) atoms. The molecule has 0 aromatic carbocycles. The van der Waals surface area contributed by atoms with Crippen molar-refractivity contribution in [3.63, 3.8) is 0 Å². The molecule has 3 N–H and O–H groups in total. The standard InChI is InChI=1S/C9H14N4.C5H10.C4H10/c1-3-4-7(10)8-6(2)12-5-13-9(8)11;1-5-3-2-4-5;1-3-4-2/h5,10H,3-4H2,1-2H3,(H2,11,12,13);5H,2-4H2,1H3;3-4H2,1-2H3. The highest BCUT2D eigenvalue weighted by atomic mass is 14.9. The van der Waals surface area contributed by atoms with E-state index in [9.17, 15) is 0 Å². The molecule has 2 rings (SSSR count). The Kier molecular flexibility index (Phi) is 11.3. The first-order chi connectivity index (χ1) is 10.5. The molecule has 0 unspecified atom stereocenters. The fourth-order valence-electron chi connectivity index (χ4n) is 1.85. The number of nitrogens with zero attached hydrogens (tertiary/aromatic N) is 2. The first kappa shape index (κ1) is 20.6. The molecular formula is C18H34N4. The molecule has 0 amide bonds. The smallest absolute Gasteiger partial charge is 0.136 e. The number of nitrogens with two attached hydrogens (primary N) is 1. The molecule has 0 aliphatic heterocycles. The van der Waals surface area contributed by atoms with E-state index in [0.29, 0.717) is 17.1 Å². The largest absolute Gasteiger partial charge is 0.383 e. The number of nitrogens with one attached hydrogen (secondary N) is 1. The molecule has 0 spiro atoms. The van der Waals surface area contributed by atoms with Crippen LogP contribution in [0.4, 0.5) is 5.82 Å². The van der Waals surface area contributed by atoms with Gasteiger partial charge in [0.15, 0.2) is 0 Å². The lowest BCUT2D eigenvalue weighted by Crippen LogP contribution is -2.09. The lowest BCUT2D eigenvalue weighted by molar-refractivity contribution is 0.346. The molecule has 1 heterocycles. The highest BCUT2D eigenvalue weighted by Crippen LogP contribution is 2.24. The summed E-state index contributed by atoms with van der Waals surface area (Å²) >= 11 is 0. The molecule has 1 fully saturated rings. The van der Waals surface area contributed by atoms with Crippen molar-refractivity contribution >= 4 is 11.5 Å². The van der Waals surface area contributed by atoms with Crippen LogP contribution in [0.25, 0.3) is 0 Å². The second-order valence-corrected chi connectivity index (χ2v) is 5.98. The van der Waals surface area contributed by atoms with Gasteiger partial charge in [0.1, 0.15) is 12.1 Å². The number of rotatable bonds is 4. The molecular weight excluding hydrogens is 272 g/mol. The number of hydrogen-bond acceptors (Lipinski definition) is 4. The molecule has 0 saturated heterocycles. The minimum Gasteiger partial charge on any atom is -0.383 e. The predicted molar refractivity (Wildman–Crippen MR) is 96.5 cm³/mol. The SMILES string of the molecule is CC1CCC1.CCCC.CCCC(=N)c1c(C)ncnc1N. The van der Waals surface area contributed by atoms with Crippen molar-refractivity contribution in [2.75, 3.05) is 5.73 Å². The quantitative estimate of drug-likeness (QED) is 0.755. The summed E-state index contributed by atoms with van der Waals surface area (Å²) in [5, 5.41) is 7.75. The summed E-state index contributed by atoms with van der Waals surface area (Å²) < 4.78 is 0. The van der Waals surface area contributed by atoms with Crippen LogP contribution in [0.3, 0.4) is 0 Å². The van der Waals surface area contributed by atoms with Gasteiger partial charge in [-0.2, -0.15) is 0 Å². The fourth-order valence-corrected chi connectivity index (χ4v) is 1.85. The van der Waals surface area contributed by atoms with Crippen LogP contribution in [0, 0.1) is 18.3 Å². The Bertz CT molecular complexity index is 403. The highest BCUT2D eigenvalue weighted by Gasteiger charge is 2.10. The number of anilines is 1. The van der Waals surface area contributed by atoms with Gasteiger partial charge in [0, 0.05) is 5.71 Å². The number of aromatic nitrogens is 2. The van der Waals surface area contributed by atoms with Crippen LogP contribution in [0.2, 0.25) is 0 Å². The van der Waals surface area contributed by atoms with E-state index in [4.69, 9.17) is 11.1 Å². The van der Waals surface area contributed by atoms with E-state index in [1.807, 2.05) is 13.8 Å². The molecule has 1 aromatic heterocycles. The van der Waals surface area contributed by atoms with Gasteiger partial charge in [-0.3, -0.25) is 0 Å². The van der Waals surface area contributed by atoms with E-state index in [1.54, 1.807) is 0 Å². The number of hydrogen-bond donors (Lipinski definition) is 2. The Labute approximate surface area is 136 Å². The van der Waals surface area contributed by atoms with Crippen molar-refractivity contribution in [2.45, 2.75) is 79.6 Å². The van der Waals surface area contributed by atoms with Gasteiger partial charge in [0.25, 0.3) is 0 Å². The number of unbranched alkanes of at least 4 members (excludes halogenated alkanes) is 1. The molecule has 1 aliphatic carbocycles. The van der Waals surface area contributed by atoms with E-state index in [2.05, 4.69) is 30.7 Å². The van der Waals surface area contributed by atoms with E-state index in [0.717, 1.165) is 24.5 Å². The minimum atomic E-state index is 0.408. The van der Waals surface area contributed by atoms with Gasteiger partial charge in [-0.1, -0.05) is 66.2 Å². The molecule has 0 atom stereocenters. The lowest BCUT2D eigenvalue weighted by atomic mass is 9.88. The first-order valence-corrected chi connectivity index (χ1v) is 8.62. The number of aryl methyl sites for hydroxylation is 1. The first-order valence-electron chi connectivity index (χ1n) is 8.62. The fraction of sp³-hybridized carbons (Fsp3) is 0.722. The third-order valence-electron chi connectivity index (χ3n) is 3.76. The summed E-state index contributed by atoms with van der Waals surface area (Å²) in [6.07, 6.45) is 10.2. The van der Waals surface area contributed by atoms with Crippen LogP contribution in [0.5, 0.6) is 0 Å². The second kappa shape index (κ2) is 12.1. The zero-order valence-electron chi connectivity index (χ0n) is 15.1. The summed E-state index contributed by atoms with van der Waals surface area (Å²) in [4.78, 5) is 7.88. The molecule has 1 saturated carbocycles. The van der Waals surface area contributed by atoms with Crippen molar-refractivity contribution in [1.29, 1.82) is 5.41 Å². The van der Waals surface area contributed by atoms with Crippen molar-refractivity contribution < 1.29 is 0 Å². The van der Waals surface area contributed by atoms with Crippen molar-refractivity contribution in [3.05, 3.63) is 17.6 Å². The van der Waals surface area contributed by atoms with Crippen molar-refractivity contribution in [1.82, 2.24) is 9.97 Å². The van der Waals surface area contributed by atoms with Gasteiger partial charge in [-0.05, 0) is 19.3 Å². The summed E-state index contributed by atoms with van der Waals surface area (Å²) in [6.45, 7) is 10.5. The molecule has 0 bridgehead atoms. The molecule has 0 radical (unpaired) electrons. The third-order valence-corrected chi connectivity index (χ3v) is 3.76. The third kappa shape index (κ3) is 8.11. The summed E-state index contributed by atoms with van der Waals surface area (Å²) in [7, 11) is 0. The van der Waals surface area contributed by atoms with E-state index in [1.165, 1.54) is 38.4 Å². The van der Waals surface area contributed by atoms with Crippen LogP contribution in [0.1, 0.15) is 83.9 Å². The van der Waals surface area contributed by atoms with Crippen LogP contribution >= 0.6 is 0 Å². The summed E-state index contributed by atoms with van der Waals surface area (Å²) in [5.74, 6) is 1.47. The Hall–Kier alpha value is -1.45. The maximum Gasteiger partial charge on any atom is 0.136 e.